The zero-order valence-corrected chi connectivity index (χ0v) is 23.9. The molecule has 1 aliphatic carbocycles. The smallest absolute Gasteiger partial charge is 0.254 e. The van der Waals surface area contributed by atoms with Crippen molar-refractivity contribution >= 4 is 17.4 Å². The van der Waals surface area contributed by atoms with Gasteiger partial charge in [-0.15, -0.1) is 0 Å². The van der Waals surface area contributed by atoms with E-state index in [1.165, 1.54) is 0 Å². The molecule has 212 valence electrons. The summed E-state index contributed by atoms with van der Waals surface area (Å²) < 4.78 is 21.9. The number of ether oxygens (including phenoxy) is 4. The molecule has 0 radical (unpaired) electrons. The Kier molecular flexibility index (Phi) is 8.01. The second kappa shape index (κ2) is 11.8. The normalized spacial score (nSPS) is 18.3. The van der Waals surface area contributed by atoms with Crippen LogP contribution in [0.15, 0.2) is 89.3 Å². The maximum atomic E-state index is 14.0. The van der Waals surface area contributed by atoms with Crippen LogP contribution in [0.25, 0.3) is 0 Å². The largest absolute Gasteiger partial charge is 0.497 e. The lowest BCUT2D eigenvalue weighted by Crippen LogP contribution is -2.37. The van der Waals surface area contributed by atoms with Gasteiger partial charge in [-0.05, 0) is 67.3 Å². The number of para-hydroxylation sites is 1. The van der Waals surface area contributed by atoms with E-state index in [4.69, 9.17) is 18.9 Å². The summed E-state index contributed by atoms with van der Waals surface area (Å²) in [4.78, 5) is 27.9. The Balaban J connectivity index is 1.55. The van der Waals surface area contributed by atoms with Gasteiger partial charge in [-0.3, -0.25) is 9.59 Å². The van der Waals surface area contributed by atoms with E-state index in [1.807, 2.05) is 49.4 Å². The number of carbonyl (C=O) groups excluding carboxylic acids is 2. The lowest BCUT2D eigenvalue weighted by molar-refractivity contribution is -0.116. The molecule has 0 bridgehead atoms. The Morgan fingerprint density at radius 1 is 0.829 bits per heavy atom. The molecular formula is C33H34N2O6. The molecule has 8 heteroatoms. The fourth-order valence-electron chi connectivity index (χ4n) is 5.77. The lowest BCUT2D eigenvalue weighted by Gasteiger charge is -2.37. The van der Waals surface area contributed by atoms with Gasteiger partial charge < -0.3 is 29.6 Å². The van der Waals surface area contributed by atoms with Crippen molar-refractivity contribution in [1.82, 2.24) is 5.32 Å². The molecule has 1 amide bonds. The number of hydrogen-bond acceptors (Lipinski definition) is 7. The van der Waals surface area contributed by atoms with Crippen LogP contribution in [0.1, 0.15) is 42.7 Å². The first-order chi connectivity index (χ1) is 19.9. The topological polar surface area (TPSA) is 95.1 Å². The van der Waals surface area contributed by atoms with Crippen LogP contribution >= 0.6 is 0 Å². The van der Waals surface area contributed by atoms with Gasteiger partial charge in [0.05, 0.1) is 34.4 Å². The highest BCUT2D eigenvalue weighted by Gasteiger charge is 2.42. The first-order valence-electron chi connectivity index (χ1n) is 13.4. The summed E-state index contributed by atoms with van der Waals surface area (Å²) in [5.41, 5.74) is 4.95. The monoisotopic (exact) mass is 554 g/mol. The molecule has 0 fully saturated rings. The molecule has 3 aromatic rings. The van der Waals surface area contributed by atoms with Gasteiger partial charge >= 0.3 is 0 Å². The molecule has 2 aliphatic rings. The summed E-state index contributed by atoms with van der Waals surface area (Å²) in [6.45, 7) is 1.87. The maximum absolute atomic E-state index is 14.0. The standard InChI is InChI=1S/C33H34N2O6/c1-19-30(33(37)35-22-11-13-23(38-2)14-12-22)31(24-8-6-7-9-27(24)39-3)32-25(34-19)16-21(17-26(32)36)20-10-15-28(40-4)29(18-20)41-5/h6-15,18,21,31,34H,16-17H2,1-5H3,(H,35,37)/t21-,31-/m0/s1. The van der Waals surface area contributed by atoms with Crippen LogP contribution in [-0.2, 0) is 9.59 Å². The van der Waals surface area contributed by atoms with Gasteiger partial charge in [0.15, 0.2) is 17.3 Å². The molecule has 41 heavy (non-hydrogen) atoms. The number of carbonyl (C=O) groups is 2. The molecule has 5 rings (SSSR count). The average molecular weight is 555 g/mol. The molecule has 0 saturated heterocycles. The first-order valence-corrected chi connectivity index (χ1v) is 13.4. The Hall–Kier alpha value is -4.72. The summed E-state index contributed by atoms with van der Waals surface area (Å²) in [7, 11) is 6.38. The predicted octanol–water partition coefficient (Wildman–Crippen LogP) is 5.72. The second-order valence-electron chi connectivity index (χ2n) is 10.1. The Morgan fingerprint density at radius 2 is 1.54 bits per heavy atom. The fraction of sp³-hybridized carbons (Fsp3) is 0.273. The molecule has 2 N–H and O–H groups in total. The van der Waals surface area contributed by atoms with Gasteiger partial charge in [-0.25, -0.2) is 0 Å². The number of benzene rings is 3. The number of dihydropyridines is 1. The van der Waals surface area contributed by atoms with Crippen molar-refractivity contribution in [3.8, 4) is 23.0 Å². The number of amides is 1. The van der Waals surface area contributed by atoms with Crippen LogP contribution in [0.5, 0.6) is 23.0 Å². The van der Waals surface area contributed by atoms with Crippen LogP contribution in [0.2, 0.25) is 0 Å². The van der Waals surface area contributed by atoms with Gasteiger partial charge in [-0.2, -0.15) is 0 Å². The van der Waals surface area contributed by atoms with E-state index in [1.54, 1.807) is 52.7 Å². The Bertz CT molecular complexity index is 1540. The van der Waals surface area contributed by atoms with Gasteiger partial charge in [0.25, 0.3) is 5.91 Å². The van der Waals surface area contributed by atoms with Crippen LogP contribution in [0, 0.1) is 0 Å². The summed E-state index contributed by atoms with van der Waals surface area (Å²) in [5, 5.41) is 6.44. The highest BCUT2D eigenvalue weighted by atomic mass is 16.5. The molecule has 0 unspecified atom stereocenters. The van der Waals surface area contributed by atoms with Crippen LogP contribution < -0.4 is 29.6 Å². The number of anilines is 1. The molecule has 0 spiro atoms. The van der Waals surface area contributed by atoms with Crippen LogP contribution in [-0.4, -0.2) is 40.1 Å². The molecule has 1 aliphatic heterocycles. The average Bonchev–Trinajstić information content (AvgIpc) is 3.00. The minimum Gasteiger partial charge on any atom is -0.497 e. The number of hydrogen-bond donors (Lipinski definition) is 2. The third-order valence-corrected chi connectivity index (χ3v) is 7.75. The highest BCUT2D eigenvalue weighted by Crippen LogP contribution is 2.48. The van der Waals surface area contributed by atoms with E-state index in [0.717, 1.165) is 16.8 Å². The van der Waals surface area contributed by atoms with Gasteiger partial charge in [0.1, 0.15) is 11.5 Å². The molecular weight excluding hydrogens is 520 g/mol. The lowest BCUT2D eigenvalue weighted by atomic mass is 9.71. The number of nitrogens with one attached hydrogen (secondary N) is 2. The molecule has 0 saturated carbocycles. The number of ketones is 1. The number of allylic oxidation sites excluding steroid dienone is 3. The zero-order chi connectivity index (χ0) is 29.1. The van der Waals surface area contributed by atoms with E-state index in [-0.39, 0.29) is 17.6 Å². The summed E-state index contributed by atoms with van der Waals surface area (Å²) in [5.74, 6) is 1.59. The fourth-order valence-corrected chi connectivity index (χ4v) is 5.77. The number of methoxy groups -OCH3 is 4. The molecule has 0 aromatic heterocycles. The summed E-state index contributed by atoms with van der Waals surface area (Å²) in [6.07, 6.45) is 0.904. The van der Waals surface area contributed by atoms with Crippen molar-refractivity contribution in [2.75, 3.05) is 33.8 Å². The first kappa shape index (κ1) is 27.8. The summed E-state index contributed by atoms with van der Waals surface area (Å²) >= 11 is 0. The highest BCUT2D eigenvalue weighted by molar-refractivity contribution is 6.10. The van der Waals surface area contributed by atoms with Crippen LogP contribution in [0.4, 0.5) is 5.69 Å². The van der Waals surface area contributed by atoms with E-state index >= 15 is 0 Å². The third-order valence-electron chi connectivity index (χ3n) is 7.75. The Labute approximate surface area is 240 Å². The van der Waals surface area contributed by atoms with Gasteiger partial charge in [-0.1, -0.05) is 24.3 Å². The van der Waals surface area contributed by atoms with Gasteiger partial charge in [0, 0.05) is 40.2 Å². The second-order valence-corrected chi connectivity index (χ2v) is 10.1. The Morgan fingerprint density at radius 3 is 2.22 bits per heavy atom. The minimum atomic E-state index is -0.598. The van der Waals surface area contributed by atoms with Gasteiger partial charge in [0.2, 0.25) is 0 Å². The van der Waals surface area contributed by atoms with Crippen molar-refractivity contribution in [3.63, 3.8) is 0 Å². The predicted molar refractivity (Wildman–Crippen MR) is 157 cm³/mol. The molecule has 2 atom stereocenters. The van der Waals surface area contributed by atoms with Crippen molar-refractivity contribution in [2.45, 2.75) is 31.6 Å². The van der Waals surface area contributed by atoms with E-state index in [9.17, 15) is 9.59 Å². The SMILES string of the molecule is COc1ccc(NC(=O)C2=C(C)NC3=C(C(=O)C[C@@H](c4ccc(OC)c(OC)c4)C3)[C@H]2c2ccccc2OC)cc1. The third kappa shape index (κ3) is 5.37. The minimum absolute atomic E-state index is 0.0170. The van der Waals surface area contributed by atoms with E-state index in [2.05, 4.69) is 10.6 Å². The molecule has 8 nitrogen and oxygen atoms in total. The molecule has 3 aromatic carbocycles. The van der Waals surface area contributed by atoms with Crippen molar-refractivity contribution in [2.24, 2.45) is 0 Å². The van der Waals surface area contributed by atoms with E-state index < -0.39 is 5.92 Å². The number of Topliss-reactive ketones (excluding diaryl/α,β-unsaturated/α-hetero) is 1. The maximum Gasteiger partial charge on any atom is 0.254 e. The van der Waals surface area contributed by atoms with Crippen molar-refractivity contribution in [3.05, 3.63) is 100 Å². The summed E-state index contributed by atoms with van der Waals surface area (Å²) in [6, 6.07) is 20.4. The number of rotatable bonds is 8. The van der Waals surface area contributed by atoms with E-state index in [0.29, 0.717) is 58.4 Å². The van der Waals surface area contributed by atoms with Crippen LogP contribution in [0.3, 0.4) is 0 Å². The quantitative estimate of drug-likeness (QED) is 0.368. The zero-order valence-electron chi connectivity index (χ0n) is 23.9. The molecule has 1 heterocycles. The van der Waals surface area contributed by atoms with Crippen molar-refractivity contribution in [1.29, 1.82) is 0 Å². The van der Waals surface area contributed by atoms with Crippen molar-refractivity contribution < 1.29 is 28.5 Å².